The zero-order chi connectivity index (χ0) is 27.7. The molecule has 0 saturated carbocycles. The van der Waals surface area contributed by atoms with Gasteiger partial charge in [-0.1, -0.05) is 45.0 Å². The summed E-state index contributed by atoms with van der Waals surface area (Å²) < 4.78 is 53.3. The molecule has 0 bridgehead atoms. The third-order valence-corrected chi connectivity index (χ3v) is 6.01. The Bertz CT molecular complexity index is 1570. The van der Waals surface area contributed by atoms with Gasteiger partial charge in [-0.05, 0) is 63.3 Å². The molecule has 4 rings (SSSR count). The number of alkyl halides is 3. The summed E-state index contributed by atoms with van der Waals surface area (Å²) in [5.74, 6) is 0.952. The Morgan fingerprint density at radius 3 is 2.47 bits per heavy atom. The lowest BCUT2D eigenvalue weighted by Crippen LogP contribution is -2.20. The van der Waals surface area contributed by atoms with Gasteiger partial charge in [0.15, 0.2) is 17.3 Å². The van der Waals surface area contributed by atoms with E-state index < -0.39 is 17.3 Å². The second-order valence-electron chi connectivity index (χ2n) is 9.78. The van der Waals surface area contributed by atoms with Gasteiger partial charge in [-0.3, -0.25) is 4.79 Å². The number of para-hydroxylation sites is 1. The summed E-state index contributed by atoms with van der Waals surface area (Å²) in [6.45, 7) is 6.59. The average Bonchev–Trinajstić information content (AvgIpc) is 2.86. The zero-order valence-corrected chi connectivity index (χ0v) is 22.7. The van der Waals surface area contributed by atoms with E-state index in [-0.39, 0.29) is 22.2 Å². The van der Waals surface area contributed by atoms with Crippen molar-refractivity contribution < 1.29 is 22.6 Å². The molecule has 1 heterocycles. The van der Waals surface area contributed by atoms with E-state index >= 15 is 0 Å². The van der Waals surface area contributed by atoms with E-state index in [4.69, 9.17) is 9.47 Å². The molecule has 10 heteroatoms. The normalized spacial score (nSPS) is 12.3. The Labute approximate surface area is 225 Å². The lowest BCUT2D eigenvalue weighted by molar-refractivity contribution is -0.137. The highest BCUT2D eigenvalue weighted by molar-refractivity contribution is 9.10. The molecule has 0 radical (unpaired) electrons. The smallest absolute Gasteiger partial charge is 0.416 e. The minimum atomic E-state index is -4.55. The van der Waals surface area contributed by atoms with Crippen LogP contribution in [0.5, 0.6) is 11.5 Å². The molecule has 3 aromatic carbocycles. The Kier molecular flexibility index (Phi) is 7.64. The second-order valence-corrected chi connectivity index (χ2v) is 10.6. The van der Waals surface area contributed by atoms with Crippen molar-refractivity contribution in [2.75, 3.05) is 13.7 Å². The van der Waals surface area contributed by atoms with Gasteiger partial charge in [0.25, 0.3) is 5.56 Å². The van der Waals surface area contributed by atoms with Crippen molar-refractivity contribution >= 4 is 33.0 Å². The number of fused-ring (bicyclic) bond motifs is 1. The van der Waals surface area contributed by atoms with Crippen molar-refractivity contribution in [1.82, 2.24) is 9.66 Å². The molecule has 0 aliphatic carbocycles. The SMILES string of the molecule is COc1cc(C=Nn2c(-c3cccc(C(F)(F)F)c3)nc3ccccc3c2=O)cc(Br)c1OCC(C)(C)C. The summed E-state index contributed by atoms with van der Waals surface area (Å²) >= 11 is 3.50. The van der Waals surface area contributed by atoms with Gasteiger partial charge in [-0.15, -0.1) is 0 Å². The van der Waals surface area contributed by atoms with Crippen LogP contribution in [0.25, 0.3) is 22.3 Å². The first-order valence-corrected chi connectivity index (χ1v) is 12.4. The van der Waals surface area contributed by atoms with Crippen LogP contribution in [0.15, 0.2) is 75.0 Å². The monoisotopic (exact) mass is 587 g/mol. The number of rotatable bonds is 6. The molecule has 4 aromatic rings. The van der Waals surface area contributed by atoms with Crippen molar-refractivity contribution in [3.05, 3.63) is 86.6 Å². The molecule has 0 unspecified atom stereocenters. The van der Waals surface area contributed by atoms with Crippen LogP contribution in [0.1, 0.15) is 31.9 Å². The second kappa shape index (κ2) is 10.6. The molecule has 0 fully saturated rings. The van der Waals surface area contributed by atoms with Crippen LogP contribution in [0.3, 0.4) is 0 Å². The topological polar surface area (TPSA) is 65.7 Å². The molecule has 0 saturated heterocycles. The number of ether oxygens (including phenoxy) is 2. The lowest BCUT2D eigenvalue weighted by atomic mass is 9.99. The number of benzene rings is 3. The molecule has 0 aliphatic heterocycles. The van der Waals surface area contributed by atoms with Crippen LogP contribution in [-0.2, 0) is 6.18 Å². The highest BCUT2D eigenvalue weighted by Crippen LogP contribution is 2.37. The van der Waals surface area contributed by atoms with E-state index in [1.807, 2.05) is 20.8 Å². The maximum Gasteiger partial charge on any atom is 0.416 e. The predicted molar refractivity (Wildman–Crippen MR) is 145 cm³/mol. The van der Waals surface area contributed by atoms with E-state index in [9.17, 15) is 18.0 Å². The summed E-state index contributed by atoms with van der Waals surface area (Å²) in [5, 5.41) is 4.63. The highest BCUT2D eigenvalue weighted by atomic mass is 79.9. The van der Waals surface area contributed by atoms with Gasteiger partial charge in [0.1, 0.15) is 0 Å². The van der Waals surface area contributed by atoms with Crippen molar-refractivity contribution in [3.63, 3.8) is 0 Å². The molecular formula is C28H25BrF3N3O3. The quantitative estimate of drug-likeness (QED) is 0.224. The van der Waals surface area contributed by atoms with E-state index in [0.717, 1.165) is 16.8 Å². The molecule has 38 heavy (non-hydrogen) atoms. The van der Waals surface area contributed by atoms with Crippen molar-refractivity contribution in [1.29, 1.82) is 0 Å². The van der Waals surface area contributed by atoms with Gasteiger partial charge < -0.3 is 9.47 Å². The first kappa shape index (κ1) is 27.4. The molecule has 0 N–H and O–H groups in total. The summed E-state index contributed by atoms with van der Waals surface area (Å²) in [6.07, 6.45) is -3.14. The third-order valence-electron chi connectivity index (χ3n) is 5.43. The lowest BCUT2D eigenvalue weighted by Gasteiger charge is -2.21. The summed E-state index contributed by atoms with van der Waals surface area (Å²) in [5.41, 5.74) is -0.435. The van der Waals surface area contributed by atoms with Gasteiger partial charge in [0.05, 0.1) is 40.9 Å². The van der Waals surface area contributed by atoms with Crippen molar-refractivity contribution in [2.45, 2.75) is 26.9 Å². The van der Waals surface area contributed by atoms with E-state index in [1.165, 1.54) is 25.5 Å². The fourth-order valence-electron chi connectivity index (χ4n) is 3.62. The van der Waals surface area contributed by atoms with E-state index in [2.05, 4.69) is 26.0 Å². The molecule has 0 spiro atoms. The fraction of sp³-hybridized carbons (Fsp3) is 0.250. The Morgan fingerprint density at radius 2 is 1.79 bits per heavy atom. The number of hydrogen-bond acceptors (Lipinski definition) is 5. The number of methoxy groups -OCH3 is 1. The first-order chi connectivity index (χ1) is 17.9. The summed E-state index contributed by atoms with van der Waals surface area (Å²) in [7, 11) is 1.51. The van der Waals surface area contributed by atoms with Gasteiger partial charge in [-0.2, -0.15) is 22.9 Å². The predicted octanol–water partition coefficient (Wildman–Crippen LogP) is 7.16. The summed E-state index contributed by atoms with van der Waals surface area (Å²) in [4.78, 5) is 17.9. The maximum absolute atomic E-state index is 13.4. The van der Waals surface area contributed by atoms with Crippen LogP contribution in [-0.4, -0.2) is 29.6 Å². The third kappa shape index (κ3) is 6.07. The molecule has 1 aromatic heterocycles. The molecule has 0 amide bonds. The van der Waals surface area contributed by atoms with E-state index in [1.54, 1.807) is 36.4 Å². The van der Waals surface area contributed by atoms with Gasteiger partial charge in [0.2, 0.25) is 0 Å². The van der Waals surface area contributed by atoms with E-state index in [0.29, 0.717) is 33.7 Å². The molecule has 0 aliphatic rings. The number of nitrogens with zero attached hydrogens (tertiary/aromatic N) is 3. The van der Waals surface area contributed by atoms with Crippen LogP contribution in [0.4, 0.5) is 13.2 Å². The Hall–Kier alpha value is -3.66. The number of halogens is 4. The molecular weight excluding hydrogens is 563 g/mol. The van der Waals surface area contributed by atoms with Gasteiger partial charge in [-0.25, -0.2) is 4.98 Å². The Balaban J connectivity index is 1.83. The van der Waals surface area contributed by atoms with Gasteiger partial charge >= 0.3 is 6.18 Å². The maximum atomic E-state index is 13.4. The van der Waals surface area contributed by atoms with Crippen molar-refractivity contribution in [2.24, 2.45) is 10.5 Å². The molecule has 6 nitrogen and oxygen atoms in total. The number of aromatic nitrogens is 2. The minimum Gasteiger partial charge on any atom is -0.493 e. The molecule has 0 atom stereocenters. The Morgan fingerprint density at radius 1 is 1.05 bits per heavy atom. The summed E-state index contributed by atoms with van der Waals surface area (Å²) in [6, 6.07) is 14.7. The van der Waals surface area contributed by atoms with Crippen LogP contribution in [0.2, 0.25) is 0 Å². The van der Waals surface area contributed by atoms with Gasteiger partial charge in [0, 0.05) is 5.56 Å². The standard InChI is InChI=1S/C28H25BrF3N3O3/c1-27(2,3)16-38-24-21(29)12-17(13-23(24)37-4)15-33-35-25(18-8-7-9-19(14-18)28(30,31)32)34-22-11-6-5-10-20(22)26(35)36/h5-15H,16H2,1-4H3. The average molecular weight is 588 g/mol. The van der Waals surface area contributed by atoms with Crippen LogP contribution in [0, 0.1) is 5.41 Å². The first-order valence-electron chi connectivity index (χ1n) is 11.6. The van der Waals surface area contributed by atoms with Crippen LogP contribution >= 0.6 is 15.9 Å². The minimum absolute atomic E-state index is 0.0211. The zero-order valence-electron chi connectivity index (χ0n) is 21.1. The van der Waals surface area contributed by atoms with Crippen LogP contribution < -0.4 is 15.0 Å². The molecule has 198 valence electrons. The largest absolute Gasteiger partial charge is 0.493 e. The number of hydrogen-bond donors (Lipinski definition) is 0. The van der Waals surface area contributed by atoms with Crippen molar-refractivity contribution in [3.8, 4) is 22.9 Å². The fourth-order valence-corrected chi connectivity index (χ4v) is 4.19. The highest BCUT2D eigenvalue weighted by Gasteiger charge is 2.31.